The number of nitrogens with zero attached hydrogens (tertiary/aromatic N) is 1. The number of likely N-dealkylation sites (tertiary alicyclic amines) is 1. The van der Waals surface area contributed by atoms with E-state index >= 15 is 0 Å². The molecule has 0 aliphatic carbocycles. The molecule has 1 aliphatic heterocycles. The number of hydrogen-bond donors (Lipinski definition) is 0. The van der Waals surface area contributed by atoms with Crippen LogP contribution in [0, 0.1) is 0 Å². The zero-order valence-electron chi connectivity index (χ0n) is 16.9. The summed E-state index contributed by atoms with van der Waals surface area (Å²) in [5.74, 6) is -0.944. The Kier molecular flexibility index (Phi) is 7.43. The molecule has 0 saturated carbocycles. The third-order valence-corrected chi connectivity index (χ3v) is 4.87. The van der Waals surface area contributed by atoms with Crippen molar-refractivity contribution in [3.63, 3.8) is 0 Å². The molecule has 1 fully saturated rings. The SMILES string of the molecule is CCOC(=O)C[C@@H]1[C@@H](OC(=O)c2ccccc2)CCN1C(=O)OCc1ccccc1. The van der Waals surface area contributed by atoms with Gasteiger partial charge in [-0.25, -0.2) is 9.59 Å². The van der Waals surface area contributed by atoms with Crippen molar-refractivity contribution in [2.24, 2.45) is 0 Å². The molecule has 7 nitrogen and oxygen atoms in total. The predicted molar refractivity (Wildman–Crippen MR) is 109 cm³/mol. The molecule has 2 atom stereocenters. The molecule has 0 spiro atoms. The third kappa shape index (κ3) is 5.59. The Bertz CT molecular complexity index is 855. The van der Waals surface area contributed by atoms with E-state index in [1.54, 1.807) is 37.3 Å². The number of esters is 2. The van der Waals surface area contributed by atoms with Gasteiger partial charge in [0.05, 0.1) is 24.6 Å². The van der Waals surface area contributed by atoms with Gasteiger partial charge >= 0.3 is 18.0 Å². The van der Waals surface area contributed by atoms with E-state index in [0.29, 0.717) is 18.5 Å². The molecule has 2 aromatic rings. The minimum absolute atomic E-state index is 0.0684. The molecule has 2 aromatic carbocycles. The zero-order valence-corrected chi connectivity index (χ0v) is 16.9. The highest BCUT2D eigenvalue weighted by Gasteiger charge is 2.42. The molecular formula is C23H25NO6. The molecule has 0 bridgehead atoms. The first-order chi connectivity index (χ1) is 14.6. The van der Waals surface area contributed by atoms with E-state index in [0.717, 1.165) is 5.56 Å². The molecule has 1 aliphatic rings. The summed E-state index contributed by atoms with van der Waals surface area (Å²) in [4.78, 5) is 38.7. The van der Waals surface area contributed by atoms with Gasteiger partial charge in [0.15, 0.2) is 0 Å². The second-order valence-corrected chi connectivity index (χ2v) is 6.91. The normalized spacial score (nSPS) is 18.0. The van der Waals surface area contributed by atoms with E-state index in [1.165, 1.54) is 4.90 Å². The van der Waals surface area contributed by atoms with Crippen molar-refractivity contribution in [3.05, 3.63) is 71.8 Å². The summed E-state index contributed by atoms with van der Waals surface area (Å²) in [5, 5.41) is 0. The van der Waals surface area contributed by atoms with Crippen LogP contribution in [-0.4, -0.2) is 48.2 Å². The quantitative estimate of drug-likeness (QED) is 0.512. The predicted octanol–water partition coefficient (Wildman–Crippen LogP) is 3.58. The van der Waals surface area contributed by atoms with E-state index < -0.39 is 30.2 Å². The van der Waals surface area contributed by atoms with Gasteiger partial charge in [0.25, 0.3) is 0 Å². The molecule has 7 heteroatoms. The monoisotopic (exact) mass is 411 g/mol. The lowest BCUT2D eigenvalue weighted by Gasteiger charge is -2.26. The number of amides is 1. The molecule has 30 heavy (non-hydrogen) atoms. The fourth-order valence-corrected chi connectivity index (χ4v) is 3.40. The fourth-order valence-electron chi connectivity index (χ4n) is 3.40. The van der Waals surface area contributed by atoms with Crippen LogP contribution in [0.2, 0.25) is 0 Å². The van der Waals surface area contributed by atoms with Crippen LogP contribution in [0.15, 0.2) is 60.7 Å². The van der Waals surface area contributed by atoms with Gasteiger partial charge in [-0.2, -0.15) is 0 Å². The topological polar surface area (TPSA) is 82.1 Å². The smallest absolute Gasteiger partial charge is 0.410 e. The average Bonchev–Trinajstić information content (AvgIpc) is 3.15. The average molecular weight is 411 g/mol. The lowest BCUT2D eigenvalue weighted by molar-refractivity contribution is -0.145. The molecule has 1 saturated heterocycles. The number of rotatable bonds is 7. The van der Waals surface area contributed by atoms with Crippen molar-refractivity contribution in [1.29, 1.82) is 0 Å². The summed E-state index contributed by atoms with van der Waals surface area (Å²) in [6, 6.07) is 17.3. The number of hydrogen-bond acceptors (Lipinski definition) is 6. The standard InChI is InChI=1S/C23H25NO6/c1-2-28-21(25)15-19-20(30-22(26)18-11-7-4-8-12-18)13-14-24(19)23(27)29-16-17-9-5-3-6-10-17/h3-12,19-20H,2,13-16H2,1H3/t19-,20+/m1/s1. The van der Waals surface area contributed by atoms with Crippen molar-refractivity contribution in [2.75, 3.05) is 13.2 Å². The molecule has 0 radical (unpaired) electrons. The van der Waals surface area contributed by atoms with Gasteiger partial charge < -0.3 is 19.1 Å². The minimum Gasteiger partial charge on any atom is -0.466 e. The molecule has 3 rings (SSSR count). The van der Waals surface area contributed by atoms with Crippen LogP contribution >= 0.6 is 0 Å². The summed E-state index contributed by atoms with van der Waals surface area (Å²) in [7, 11) is 0. The van der Waals surface area contributed by atoms with E-state index in [9.17, 15) is 14.4 Å². The van der Waals surface area contributed by atoms with Crippen molar-refractivity contribution in [2.45, 2.75) is 38.5 Å². The second-order valence-electron chi connectivity index (χ2n) is 6.91. The highest BCUT2D eigenvalue weighted by Crippen LogP contribution is 2.26. The molecule has 0 aromatic heterocycles. The molecule has 158 valence electrons. The van der Waals surface area contributed by atoms with Crippen LogP contribution in [0.4, 0.5) is 4.79 Å². The van der Waals surface area contributed by atoms with Crippen molar-refractivity contribution in [3.8, 4) is 0 Å². The van der Waals surface area contributed by atoms with Gasteiger partial charge in [-0.1, -0.05) is 48.5 Å². The highest BCUT2D eigenvalue weighted by molar-refractivity contribution is 5.89. The molecule has 0 N–H and O–H groups in total. The van der Waals surface area contributed by atoms with Gasteiger partial charge in [0, 0.05) is 13.0 Å². The van der Waals surface area contributed by atoms with E-state index in [1.807, 2.05) is 30.3 Å². The lowest BCUT2D eigenvalue weighted by Crippen LogP contribution is -2.42. The van der Waals surface area contributed by atoms with Gasteiger partial charge in [-0.3, -0.25) is 4.79 Å². The lowest BCUT2D eigenvalue weighted by atomic mass is 10.1. The summed E-state index contributed by atoms with van der Waals surface area (Å²) in [6.07, 6.45) is -0.817. The van der Waals surface area contributed by atoms with Gasteiger partial charge in [0.1, 0.15) is 12.7 Å². The van der Waals surface area contributed by atoms with Crippen LogP contribution in [0.5, 0.6) is 0 Å². The van der Waals surface area contributed by atoms with Crippen LogP contribution in [-0.2, 0) is 25.6 Å². The van der Waals surface area contributed by atoms with Crippen LogP contribution < -0.4 is 0 Å². The first kappa shape index (κ1) is 21.4. The Morgan fingerprint density at radius 3 is 2.30 bits per heavy atom. The largest absolute Gasteiger partial charge is 0.466 e. The Morgan fingerprint density at radius 1 is 0.967 bits per heavy atom. The maximum atomic E-state index is 12.7. The fraction of sp³-hybridized carbons (Fsp3) is 0.348. The molecule has 1 heterocycles. The Balaban J connectivity index is 1.67. The Labute approximate surface area is 175 Å². The van der Waals surface area contributed by atoms with Crippen molar-refractivity contribution < 1.29 is 28.6 Å². The van der Waals surface area contributed by atoms with Crippen molar-refractivity contribution >= 4 is 18.0 Å². The Hall–Kier alpha value is -3.35. The third-order valence-electron chi connectivity index (χ3n) is 4.87. The second kappa shape index (κ2) is 10.4. The zero-order chi connectivity index (χ0) is 21.3. The number of benzene rings is 2. The Morgan fingerprint density at radius 2 is 1.63 bits per heavy atom. The number of carbonyl (C=O) groups is 3. The summed E-state index contributed by atoms with van der Waals surface area (Å²) >= 11 is 0. The minimum atomic E-state index is -0.639. The molecule has 1 amide bonds. The van der Waals surface area contributed by atoms with Crippen molar-refractivity contribution in [1.82, 2.24) is 4.90 Å². The van der Waals surface area contributed by atoms with E-state index in [4.69, 9.17) is 14.2 Å². The van der Waals surface area contributed by atoms with Gasteiger partial charge in [-0.05, 0) is 24.6 Å². The van der Waals surface area contributed by atoms with E-state index in [-0.39, 0.29) is 19.6 Å². The van der Waals surface area contributed by atoms with Gasteiger partial charge in [-0.15, -0.1) is 0 Å². The van der Waals surface area contributed by atoms with Crippen LogP contribution in [0.1, 0.15) is 35.7 Å². The van der Waals surface area contributed by atoms with E-state index in [2.05, 4.69) is 0 Å². The molecule has 0 unspecified atom stereocenters. The number of carbonyl (C=O) groups excluding carboxylic acids is 3. The summed E-state index contributed by atoms with van der Waals surface area (Å²) in [6.45, 7) is 2.39. The van der Waals surface area contributed by atoms with Crippen LogP contribution in [0.3, 0.4) is 0 Å². The first-order valence-corrected chi connectivity index (χ1v) is 9.97. The first-order valence-electron chi connectivity index (χ1n) is 9.97. The maximum absolute atomic E-state index is 12.7. The summed E-state index contributed by atoms with van der Waals surface area (Å²) < 4.78 is 16.1. The maximum Gasteiger partial charge on any atom is 0.410 e. The summed E-state index contributed by atoms with van der Waals surface area (Å²) in [5.41, 5.74) is 1.27. The highest BCUT2D eigenvalue weighted by atomic mass is 16.6. The molecular weight excluding hydrogens is 386 g/mol. The van der Waals surface area contributed by atoms with Crippen LogP contribution in [0.25, 0.3) is 0 Å². The van der Waals surface area contributed by atoms with Gasteiger partial charge in [0.2, 0.25) is 0 Å². The number of ether oxygens (including phenoxy) is 3.